The van der Waals surface area contributed by atoms with Gasteiger partial charge in [-0.3, -0.25) is 4.79 Å². The Morgan fingerprint density at radius 2 is 1.55 bits per heavy atom. The number of aliphatic carboxylic acids is 1. The van der Waals surface area contributed by atoms with Crippen molar-refractivity contribution in [2.24, 2.45) is 0 Å². The van der Waals surface area contributed by atoms with E-state index in [1.807, 2.05) is 73.7 Å². The Hall–Kier alpha value is -4.49. The Bertz CT molecular complexity index is 1510. The molecule has 12 heteroatoms. The van der Waals surface area contributed by atoms with E-state index in [-0.39, 0.29) is 13.0 Å². The maximum absolute atomic E-state index is 14.7. The van der Waals surface area contributed by atoms with Crippen LogP contribution in [0.15, 0.2) is 72.8 Å². The fraction of sp³-hybridized carbons (Fsp3) is 0.400. The predicted octanol–water partition coefficient (Wildman–Crippen LogP) is 2.39. The number of carbonyl (C=O) groups is 3. The molecule has 1 unspecified atom stereocenters. The molecule has 2 aliphatic heterocycles. The van der Waals surface area contributed by atoms with Crippen LogP contribution in [0.25, 0.3) is 0 Å². The van der Waals surface area contributed by atoms with Gasteiger partial charge in [0.15, 0.2) is 17.6 Å². The molecular weight excluding hydrogens is 610 g/mol. The van der Waals surface area contributed by atoms with Crippen LogP contribution >= 0.6 is 0 Å². The molecule has 12 nitrogen and oxygen atoms in total. The summed E-state index contributed by atoms with van der Waals surface area (Å²) in [6.45, 7) is 2.41. The Labute approximate surface area is 272 Å². The predicted molar refractivity (Wildman–Crippen MR) is 167 cm³/mol. The van der Waals surface area contributed by atoms with Gasteiger partial charge < -0.3 is 44.3 Å². The number of unbranched alkanes of at least 4 members (excludes halogenated alkanes) is 1. The lowest BCUT2D eigenvalue weighted by Gasteiger charge is -2.41. The van der Waals surface area contributed by atoms with Gasteiger partial charge in [0.2, 0.25) is 12.2 Å². The smallest absolute Gasteiger partial charge is 0.335 e. The molecule has 3 aromatic carbocycles. The number of amides is 1. The van der Waals surface area contributed by atoms with Gasteiger partial charge in [0.05, 0.1) is 19.6 Å². The fourth-order valence-electron chi connectivity index (χ4n) is 5.97. The molecule has 1 saturated heterocycles. The van der Waals surface area contributed by atoms with Crippen molar-refractivity contribution in [2.75, 3.05) is 13.7 Å². The summed E-state index contributed by atoms with van der Waals surface area (Å²) in [4.78, 5) is 41.8. The number of benzene rings is 3. The van der Waals surface area contributed by atoms with E-state index in [0.29, 0.717) is 34.8 Å². The van der Waals surface area contributed by atoms with Crippen LogP contribution in [0, 0.1) is 0 Å². The first kappa shape index (κ1) is 33.9. The number of hydrogen-bond donors (Lipinski definition) is 4. The van der Waals surface area contributed by atoms with E-state index in [0.717, 1.165) is 18.4 Å². The molecule has 0 radical (unpaired) electrons. The standard InChI is InChI=1S/C35H39NO11/c1-3-4-17-45-30-23-18-24(34(43)47-35-29(39)27(37)28(38)31(46-35)33(41)42)36(19-22(23)15-16-25(30)44-2)32(40)26(20-11-7-5-8-12-20)21-13-9-6-10-14-21/h5-16,24,26-29,31,35,37-39H,3-4,17-19H2,1-2H3,(H,41,42)/t24?,27-,28-,29+,31-,35-/m0/s1. The molecule has 0 saturated carbocycles. The molecule has 0 aliphatic carbocycles. The van der Waals surface area contributed by atoms with Gasteiger partial charge in [-0.1, -0.05) is 80.1 Å². The molecule has 2 heterocycles. The highest BCUT2D eigenvalue weighted by Gasteiger charge is 2.50. The SMILES string of the molecule is CCCCOc1c(OC)ccc2c1CC(C(=O)O[C@@H]1O[C@H](C(=O)O)[C@@H](O)[C@H](O)[C@H]1O)N(C(=O)C(c1ccccc1)c1ccccc1)C2. The quantitative estimate of drug-likeness (QED) is 0.178. The zero-order valence-electron chi connectivity index (χ0n) is 26.1. The summed E-state index contributed by atoms with van der Waals surface area (Å²) in [6.07, 6.45) is -8.22. The van der Waals surface area contributed by atoms with Crippen molar-refractivity contribution in [3.63, 3.8) is 0 Å². The third kappa shape index (κ3) is 7.10. The first-order valence-corrected chi connectivity index (χ1v) is 15.5. The number of fused-ring (bicyclic) bond motifs is 1. The van der Waals surface area contributed by atoms with Gasteiger partial charge in [0, 0.05) is 18.5 Å². The minimum Gasteiger partial charge on any atom is -0.493 e. The zero-order chi connectivity index (χ0) is 33.7. The van der Waals surface area contributed by atoms with Gasteiger partial charge >= 0.3 is 11.9 Å². The highest BCUT2D eigenvalue weighted by atomic mass is 16.7. The van der Waals surface area contributed by atoms with E-state index in [2.05, 4.69) is 0 Å². The summed E-state index contributed by atoms with van der Waals surface area (Å²) >= 11 is 0. The highest BCUT2D eigenvalue weighted by Crippen LogP contribution is 2.40. The van der Waals surface area contributed by atoms with Crippen LogP contribution in [0.1, 0.15) is 47.9 Å². The number of carboxylic acids is 1. The molecule has 2 aliphatic rings. The van der Waals surface area contributed by atoms with Crippen LogP contribution in [-0.2, 0) is 36.8 Å². The lowest BCUT2D eigenvalue weighted by Crippen LogP contribution is -2.61. The van der Waals surface area contributed by atoms with Gasteiger partial charge in [0.25, 0.3) is 0 Å². The molecule has 47 heavy (non-hydrogen) atoms. The minimum absolute atomic E-state index is 0.00853. The average molecular weight is 650 g/mol. The van der Waals surface area contributed by atoms with Crippen molar-refractivity contribution in [3.8, 4) is 11.5 Å². The summed E-state index contributed by atoms with van der Waals surface area (Å²) in [5, 5.41) is 40.5. The topological polar surface area (TPSA) is 172 Å². The summed E-state index contributed by atoms with van der Waals surface area (Å²) < 4.78 is 22.5. The van der Waals surface area contributed by atoms with Gasteiger partial charge in [-0.15, -0.1) is 0 Å². The summed E-state index contributed by atoms with van der Waals surface area (Å²) in [7, 11) is 1.50. The zero-order valence-corrected chi connectivity index (χ0v) is 26.1. The van der Waals surface area contributed by atoms with Crippen molar-refractivity contribution >= 4 is 17.8 Å². The number of esters is 1. The normalized spacial score (nSPS) is 23.9. The van der Waals surface area contributed by atoms with Crippen molar-refractivity contribution in [3.05, 3.63) is 95.1 Å². The van der Waals surface area contributed by atoms with Gasteiger partial charge in [-0.05, 0) is 29.2 Å². The first-order valence-electron chi connectivity index (χ1n) is 15.5. The van der Waals surface area contributed by atoms with Crippen LogP contribution in [0.4, 0.5) is 0 Å². The van der Waals surface area contributed by atoms with E-state index >= 15 is 0 Å². The van der Waals surface area contributed by atoms with E-state index in [1.165, 1.54) is 12.0 Å². The third-order valence-electron chi connectivity index (χ3n) is 8.51. The molecule has 1 fully saturated rings. The molecule has 6 atom stereocenters. The number of methoxy groups -OCH3 is 1. The number of ether oxygens (including phenoxy) is 4. The highest BCUT2D eigenvalue weighted by molar-refractivity contribution is 5.92. The molecule has 250 valence electrons. The maximum Gasteiger partial charge on any atom is 0.335 e. The number of rotatable bonds is 11. The first-order chi connectivity index (χ1) is 22.7. The number of aliphatic hydroxyl groups is 3. The lowest BCUT2D eigenvalue weighted by atomic mass is 9.86. The molecule has 0 spiro atoms. The summed E-state index contributed by atoms with van der Waals surface area (Å²) in [5.74, 6) is -2.94. The minimum atomic E-state index is -1.98. The average Bonchev–Trinajstić information content (AvgIpc) is 3.08. The Morgan fingerprint density at radius 1 is 0.915 bits per heavy atom. The van der Waals surface area contributed by atoms with Crippen molar-refractivity contribution in [1.82, 2.24) is 4.90 Å². The molecular formula is C35H39NO11. The molecule has 0 aromatic heterocycles. The fourth-order valence-corrected chi connectivity index (χ4v) is 5.97. The van der Waals surface area contributed by atoms with Crippen molar-refractivity contribution < 1.29 is 53.8 Å². The maximum atomic E-state index is 14.7. The molecule has 0 bridgehead atoms. The van der Waals surface area contributed by atoms with Gasteiger partial charge in [-0.25, -0.2) is 9.59 Å². The van der Waals surface area contributed by atoms with E-state index in [4.69, 9.17) is 18.9 Å². The van der Waals surface area contributed by atoms with Crippen LogP contribution in [0.5, 0.6) is 11.5 Å². The second kappa shape index (κ2) is 14.9. The number of hydrogen-bond acceptors (Lipinski definition) is 10. The van der Waals surface area contributed by atoms with Crippen molar-refractivity contribution in [2.45, 2.75) is 75.4 Å². The molecule has 5 rings (SSSR count). The summed E-state index contributed by atoms with van der Waals surface area (Å²) in [6, 6.07) is 20.6. The van der Waals surface area contributed by atoms with E-state index in [9.17, 15) is 34.8 Å². The Morgan fingerprint density at radius 3 is 2.13 bits per heavy atom. The number of carbonyl (C=O) groups excluding carboxylic acids is 2. The third-order valence-corrected chi connectivity index (χ3v) is 8.51. The van der Waals surface area contributed by atoms with Gasteiger partial charge in [0.1, 0.15) is 24.4 Å². The Kier molecular flexibility index (Phi) is 10.8. The lowest BCUT2D eigenvalue weighted by molar-refractivity contribution is -0.287. The van der Waals surface area contributed by atoms with Crippen LogP contribution < -0.4 is 9.47 Å². The molecule has 3 aromatic rings. The van der Waals surface area contributed by atoms with E-state index < -0.39 is 60.5 Å². The number of carboxylic acid groups (broad SMARTS) is 1. The van der Waals surface area contributed by atoms with Crippen LogP contribution in [-0.4, -0.2) is 93.6 Å². The van der Waals surface area contributed by atoms with Crippen molar-refractivity contribution in [1.29, 1.82) is 0 Å². The van der Waals surface area contributed by atoms with Crippen LogP contribution in [0.3, 0.4) is 0 Å². The van der Waals surface area contributed by atoms with Crippen LogP contribution in [0.2, 0.25) is 0 Å². The second-order valence-corrected chi connectivity index (χ2v) is 11.5. The number of nitrogens with zero attached hydrogens (tertiary/aromatic N) is 1. The molecule has 4 N–H and O–H groups in total. The van der Waals surface area contributed by atoms with E-state index in [1.54, 1.807) is 6.07 Å². The second-order valence-electron chi connectivity index (χ2n) is 11.5. The Balaban J connectivity index is 1.55. The van der Waals surface area contributed by atoms with Gasteiger partial charge in [-0.2, -0.15) is 0 Å². The largest absolute Gasteiger partial charge is 0.493 e. The molecule has 1 amide bonds. The monoisotopic (exact) mass is 649 g/mol. The summed E-state index contributed by atoms with van der Waals surface area (Å²) in [5.41, 5.74) is 2.76. The number of aliphatic hydroxyl groups excluding tert-OH is 3.